The molecule has 1 aromatic carbocycles. The van der Waals surface area contributed by atoms with Crippen LogP contribution >= 0.6 is 49.9 Å². The maximum atomic E-state index is 13.0. The number of hydrogen-bond donors (Lipinski definition) is 0. The summed E-state index contributed by atoms with van der Waals surface area (Å²) in [5.41, 5.74) is 2.28. The van der Waals surface area contributed by atoms with Crippen LogP contribution in [0.1, 0.15) is 16.0 Å². The lowest BCUT2D eigenvalue weighted by Crippen LogP contribution is -1.94. The smallest absolute Gasteiger partial charge is 0.123 e. The third kappa shape index (κ3) is 3.28. The fourth-order valence-electron chi connectivity index (χ4n) is 1.48. The Hall–Kier alpha value is 0.0600. The lowest BCUT2D eigenvalue weighted by molar-refractivity contribution is 0.625. The van der Waals surface area contributed by atoms with Crippen molar-refractivity contribution in [3.05, 3.63) is 55.5 Å². The zero-order valence-corrected chi connectivity index (χ0v) is 12.9. The highest BCUT2D eigenvalue weighted by Gasteiger charge is 2.10. The van der Waals surface area contributed by atoms with Gasteiger partial charge in [0.2, 0.25) is 0 Å². The molecule has 0 spiro atoms. The molecule has 0 saturated carbocycles. The van der Waals surface area contributed by atoms with E-state index in [0.29, 0.717) is 0 Å². The molecule has 1 unspecified atom stereocenters. The van der Waals surface area contributed by atoms with Gasteiger partial charge in [0.1, 0.15) is 5.82 Å². The lowest BCUT2D eigenvalue weighted by atomic mass is 10.1. The summed E-state index contributed by atoms with van der Waals surface area (Å²) >= 11 is 7.68. The Morgan fingerprint density at radius 2 is 2.19 bits per heavy atom. The van der Waals surface area contributed by atoms with Gasteiger partial charge in [-0.1, -0.05) is 28.1 Å². The third-order valence-corrected chi connectivity index (χ3v) is 4.91. The van der Waals surface area contributed by atoms with E-state index in [1.807, 2.05) is 6.07 Å². The second-order valence-electron chi connectivity index (χ2n) is 3.49. The topological polar surface area (TPSA) is 0 Å². The van der Waals surface area contributed by atoms with E-state index in [2.05, 4.69) is 50.0 Å². The Balaban J connectivity index is 2.10. The monoisotopic (exact) mass is 410 g/mol. The highest BCUT2D eigenvalue weighted by atomic mass is 127. The molecule has 0 bridgehead atoms. The molecule has 4 heteroatoms. The van der Waals surface area contributed by atoms with Crippen molar-refractivity contribution in [2.45, 2.75) is 11.2 Å². The van der Waals surface area contributed by atoms with Gasteiger partial charge in [0.15, 0.2) is 0 Å². The van der Waals surface area contributed by atoms with Crippen LogP contribution in [-0.2, 0) is 6.42 Å². The largest absolute Gasteiger partial charge is 0.207 e. The second kappa shape index (κ2) is 5.60. The minimum Gasteiger partial charge on any atom is -0.207 e. The number of thiophene rings is 1. The number of rotatable bonds is 3. The van der Waals surface area contributed by atoms with Gasteiger partial charge in [0, 0.05) is 4.83 Å². The van der Waals surface area contributed by atoms with Gasteiger partial charge in [0.25, 0.3) is 0 Å². The van der Waals surface area contributed by atoms with Crippen LogP contribution < -0.4 is 0 Å². The molecule has 1 atom stereocenters. The fraction of sp³-hybridized carbons (Fsp3) is 0.167. The highest BCUT2D eigenvalue weighted by Crippen LogP contribution is 2.31. The Kier molecular flexibility index (Phi) is 4.38. The standard InChI is InChI=1S/C12H9BrFIS/c13-11(9-6-12(15)16-7-9)5-8-2-1-3-10(14)4-8/h1-4,6-7,11H,5H2. The number of hydrogen-bond acceptors (Lipinski definition) is 1. The number of benzene rings is 1. The molecular formula is C12H9BrFIS. The van der Waals surface area contributed by atoms with Crippen LogP contribution in [0.15, 0.2) is 35.7 Å². The second-order valence-corrected chi connectivity index (χ2v) is 7.40. The first-order valence-electron chi connectivity index (χ1n) is 4.77. The van der Waals surface area contributed by atoms with Gasteiger partial charge < -0.3 is 0 Å². The number of halogens is 3. The van der Waals surface area contributed by atoms with Gasteiger partial charge in [-0.15, -0.1) is 11.3 Å². The van der Waals surface area contributed by atoms with Crippen molar-refractivity contribution in [3.63, 3.8) is 0 Å². The maximum absolute atomic E-state index is 13.0. The van der Waals surface area contributed by atoms with Crippen molar-refractivity contribution in [2.24, 2.45) is 0 Å². The van der Waals surface area contributed by atoms with Crippen molar-refractivity contribution >= 4 is 49.9 Å². The molecule has 0 amide bonds. The summed E-state index contributed by atoms with van der Waals surface area (Å²) in [6, 6.07) is 8.92. The van der Waals surface area contributed by atoms with Gasteiger partial charge in [-0.2, -0.15) is 0 Å². The van der Waals surface area contributed by atoms with Crippen LogP contribution in [0, 0.1) is 8.70 Å². The summed E-state index contributed by atoms with van der Waals surface area (Å²) in [6.45, 7) is 0. The lowest BCUT2D eigenvalue weighted by Gasteiger charge is -2.07. The zero-order chi connectivity index (χ0) is 11.5. The van der Waals surface area contributed by atoms with E-state index in [-0.39, 0.29) is 10.6 Å². The van der Waals surface area contributed by atoms with Crippen molar-refractivity contribution in [1.82, 2.24) is 0 Å². The molecule has 2 aromatic rings. The van der Waals surface area contributed by atoms with Crippen molar-refractivity contribution in [3.8, 4) is 0 Å². The molecular weight excluding hydrogens is 402 g/mol. The zero-order valence-electron chi connectivity index (χ0n) is 8.29. The Morgan fingerprint density at radius 1 is 1.38 bits per heavy atom. The quantitative estimate of drug-likeness (QED) is 0.483. The Morgan fingerprint density at radius 3 is 2.81 bits per heavy atom. The van der Waals surface area contributed by atoms with E-state index in [0.717, 1.165) is 12.0 Å². The van der Waals surface area contributed by atoms with E-state index in [4.69, 9.17) is 0 Å². The van der Waals surface area contributed by atoms with Crippen LogP contribution in [-0.4, -0.2) is 0 Å². The molecule has 0 fully saturated rings. The van der Waals surface area contributed by atoms with Gasteiger partial charge >= 0.3 is 0 Å². The summed E-state index contributed by atoms with van der Waals surface area (Å²) in [7, 11) is 0. The Labute approximate surface area is 120 Å². The molecule has 1 heterocycles. The normalized spacial score (nSPS) is 12.7. The molecule has 16 heavy (non-hydrogen) atoms. The summed E-state index contributed by atoms with van der Waals surface area (Å²) in [6.07, 6.45) is 0.810. The molecule has 0 N–H and O–H groups in total. The predicted octanol–water partition coefficient (Wildman–Crippen LogP) is 5.17. The first-order chi connectivity index (χ1) is 7.65. The third-order valence-electron chi connectivity index (χ3n) is 2.25. The Bertz CT molecular complexity index is 483. The minimum absolute atomic E-state index is 0.169. The van der Waals surface area contributed by atoms with Crippen molar-refractivity contribution in [2.75, 3.05) is 0 Å². The van der Waals surface area contributed by atoms with Crippen molar-refractivity contribution in [1.29, 1.82) is 0 Å². The molecule has 0 aliphatic heterocycles. The van der Waals surface area contributed by atoms with Crippen LogP contribution in [0.3, 0.4) is 0 Å². The SMILES string of the molecule is Fc1cccc(CC(Br)c2csc(I)c2)c1. The maximum Gasteiger partial charge on any atom is 0.123 e. The van der Waals surface area contributed by atoms with Crippen LogP contribution in [0.2, 0.25) is 0 Å². The molecule has 1 aromatic heterocycles. The summed E-state index contributed by atoms with van der Waals surface area (Å²) in [5, 5.41) is 2.14. The van der Waals surface area contributed by atoms with Gasteiger partial charge in [-0.25, -0.2) is 4.39 Å². The van der Waals surface area contributed by atoms with E-state index in [1.54, 1.807) is 23.5 Å². The minimum atomic E-state index is -0.169. The van der Waals surface area contributed by atoms with Crippen LogP contribution in [0.25, 0.3) is 0 Å². The molecule has 2 rings (SSSR count). The predicted molar refractivity (Wildman–Crippen MR) is 78.8 cm³/mol. The van der Waals surface area contributed by atoms with E-state index in [1.165, 1.54) is 14.5 Å². The van der Waals surface area contributed by atoms with E-state index >= 15 is 0 Å². The van der Waals surface area contributed by atoms with Crippen molar-refractivity contribution < 1.29 is 4.39 Å². The van der Waals surface area contributed by atoms with Gasteiger partial charge in [-0.3, -0.25) is 0 Å². The first kappa shape index (κ1) is 12.5. The first-order valence-corrected chi connectivity index (χ1v) is 7.65. The highest BCUT2D eigenvalue weighted by molar-refractivity contribution is 14.1. The average Bonchev–Trinajstić information content (AvgIpc) is 2.65. The fourth-order valence-corrected chi connectivity index (χ4v) is 3.72. The molecule has 0 saturated heterocycles. The molecule has 0 radical (unpaired) electrons. The molecule has 84 valence electrons. The average molecular weight is 411 g/mol. The number of alkyl halides is 1. The van der Waals surface area contributed by atoms with E-state index in [9.17, 15) is 4.39 Å². The van der Waals surface area contributed by atoms with Gasteiger partial charge in [0.05, 0.1) is 2.88 Å². The van der Waals surface area contributed by atoms with Gasteiger partial charge in [-0.05, 0) is 63.7 Å². The van der Waals surface area contributed by atoms with E-state index < -0.39 is 0 Å². The summed E-state index contributed by atoms with van der Waals surface area (Å²) < 4.78 is 14.3. The van der Waals surface area contributed by atoms with Crippen LogP contribution in [0.4, 0.5) is 4.39 Å². The van der Waals surface area contributed by atoms with Crippen LogP contribution in [0.5, 0.6) is 0 Å². The molecule has 0 nitrogen and oxygen atoms in total. The molecule has 0 aliphatic carbocycles. The summed E-state index contributed by atoms with van der Waals surface area (Å²) in [4.78, 5) is 0.258. The summed E-state index contributed by atoms with van der Waals surface area (Å²) in [5.74, 6) is -0.169. The molecule has 0 aliphatic rings.